The number of para-hydroxylation sites is 1. The summed E-state index contributed by atoms with van der Waals surface area (Å²) in [5, 5.41) is 10.6. The highest BCUT2D eigenvalue weighted by atomic mass is 16.2. The van der Waals surface area contributed by atoms with Crippen molar-refractivity contribution in [2.45, 2.75) is 45.1 Å². The molecular formula is C19H26N2O. The zero-order chi connectivity index (χ0) is 15.2. The molecule has 0 aliphatic carbocycles. The minimum absolute atomic E-state index is 0.323. The van der Waals surface area contributed by atoms with Crippen LogP contribution in [-0.2, 0) is 6.42 Å². The highest BCUT2D eigenvalue weighted by Crippen LogP contribution is 2.50. The normalized spacial score (nSPS) is 28.0. The largest absolute Gasteiger partial charge is 0.396 e. The molecule has 0 amide bonds. The second kappa shape index (κ2) is 5.39. The molecule has 1 saturated heterocycles. The van der Waals surface area contributed by atoms with Gasteiger partial charge in [-0.05, 0) is 49.1 Å². The molecule has 3 nitrogen and oxygen atoms in total. The monoisotopic (exact) mass is 298 g/mol. The first-order valence-electron chi connectivity index (χ1n) is 8.71. The van der Waals surface area contributed by atoms with Crippen LogP contribution in [0.4, 0.5) is 0 Å². The van der Waals surface area contributed by atoms with Gasteiger partial charge >= 0.3 is 0 Å². The van der Waals surface area contributed by atoms with Crippen molar-refractivity contribution in [3.05, 3.63) is 35.5 Å². The quantitative estimate of drug-likeness (QED) is 0.904. The molecule has 3 heteroatoms. The first-order valence-corrected chi connectivity index (χ1v) is 8.71. The Bertz CT molecular complexity index is 677. The Hall–Kier alpha value is -1.32. The zero-order valence-corrected chi connectivity index (χ0v) is 13.4. The lowest BCUT2D eigenvalue weighted by molar-refractivity contribution is 0.193. The van der Waals surface area contributed by atoms with Gasteiger partial charge in [0, 0.05) is 36.3 Å². The molecule has 3 heterocycles. The lowest BCUT2D eigenvalue weighted by atomic mass is 9.78. The molecule has 0 spiro atoms. The maximum Gasteiger partial charge on any atom is 0.0507 e. The Balaban J connectivity index is 1.70. The number of nitrogens with zero attached hydrogens (tertiary/aromatic N) is 1. The van der Waals surface area contributed by atoms with Crippen molar-refractivity contribution < 1.29 is 5.11 Å². The van der Waals surface area contributed by atoms with Gasteiger partial charge in [-0.1, -0.05) is 25.1 Å². The number of aliphatic hydroxyl groups is 1. The number of nitrogens with one attached hydrogen (secondary N) is 1. The van der Waals surface area contributed by atoms with Gasteiger partial charge in [-0.25, -0.2) is 0 Å². The van der Waals surface area contributed by atoms with Crippen molar-refractivity contribution in [1.82, 2.24) is 9.88 Å². The first-order chi connectivity index (χ1) is 10.8. The molecule has 1 fully saturated rings. The Kier molecular flexibility index (Phi) is 3.50. The van der Waals surface area contributed by atoms with Gasteiger partial charge in [0.2, 0.25) is 0 Å². The van der Waals surface area contributed by atoms with Crippen LogP contribution >= 0.6 is 0 Å². The number of H-pyrrole nitrogens is 1. The predicted molar refractivity (Wildman–Crippen MR) is 90.0 cm³/mol. The molecule has 1 aromatic heterocycles. The molecule has 4 rings (SSSR count). The summed E-state index contributed by atoms with van der Waals surface area (Å²) < 4.78 is 0. The molecule has 0 radical (unpaired) electrons. The molecule has 2 aliphatic rings. The zero-order valence-electron chi connectivity index (χ0n) is 13.4. The highest BCUT2D eigenvalue weighted by molar-refractivity contribution is 5.85. The molecule has 2 aliphatic heterocycles. The predicted octanol–water partition coefficient (Wildman–Crippen LogP) is 3.64. The molecule has 2 N–H and O–H groups in total. The van der Waals surface area contributed by atoms with Crippen molar-refractivity contribution in [2.75, 3.05) is 19.7 Å². The second-order valence-electron chi connectivity index (χ2n) is 7.18. The highest BCUT2D eigenvalue weighted by Gasteiger charge is 2.45. The summed E-state index contributed by atoms with van der Waals surface area (Å²) in [5.41, 5.74) is 4.70. The van der Waals surface area contributed by atoms with Crippen LogP contribution in [0, 0.1) is 5.41 Å². The van der Waals surface area contributed by atoms with E-state index in [1.54, 1.807) is 5.56 Å². The van der Waals surface area contributed by atoms with Crippen molar-refractivity contribution in [2.24, 2.45) is 5.41 Å². The van der Waals surface area contributed by atoms with E-state index < -0.39 is 0 Å². The van der Waals surface area contributed by atoms with Crippen LogP contribution in [0.5, 0.6) is 0 Å². The van der Waals surface area contributed by atoms with E-state index in [0.717, 1.165) is 19.3 Å². The lowest BCUT2D eigenvalue weighted by Gasteiger charge is -2.30. The molecule has 1 aromatic carbocycles. The average Bonchev–Trinajstić information content (AvgIpc) is 3.11. The number of aromatic nitrogens is 1. The standard InChI is InChI=1S/C19H26N2O/c1-2-19(9-5-11-22)12-17-18-15(8-10-21(17)13-19)14-6-3-4-7-16(14)20-18/h3-4,6-7,17,20,22H,2,5,8-13H2,1H3/t17-,19+/m0/s1. The molecule has 0 bridgehead atoms. The van der Waals surface area contributed by atoms with Crippen LogP contribution in [0.2, 0.25) is 0 Å². The Morgan fingerprint density at radius 3 is 3.05 bits per heavy atom. The van der Waals surface area contributed by atoms with Gasteiger partial charge in [0.05, 0.1) is 6.04 Å². The van der Waals surface area contributed by atoms with Crippen LogP contribution in [0.15, 0.2) is 24.3 Å². The van der Waals surface area contributed by atoms with Crippen LogP contribution < -0.4 is 0 Å². The molecule has 0 saturated carbocycles. The third-order valence-corrected chi connectivity index (χ3v) is 6.05. The van der Waals surface area contributed by atoms with Gasteiger partial charge in [-0.15, -0.1) is 0 Å². The summed E-state index contributed by atoms with van der Waals surface area (Å²) in [5.74, 6) is 0. The van der Waals surface area contributed by atoms with Gasteiger partial charge in [0.25, 0.3) is 0 Å². The second-order valence-corrected chi connectivity index (χ2v) is 7.18. The van der Waals surface area contributed by atoms with E-state index in [1.165, 1.54) is 42.5 Å². The fourth-order valence-electron chi connectivity index (χ4n) is 4.76. The van der Waals surface area contributed by atoms with E-state index in [4.69, 9.17) is 0 Å². The molecule has 22 heavy (non-hydrogen) atoms. The lowest BCUT2D eigenvalue weighted by Crippen LogP contribution is -2.32. The van der Waals surface area contributed by atoms with Crippen LogP contribution in [-0.4, -0.2) is 34.7 Å². The first kappa shape index (κ1) is 14.3. The van der Waals surface area contributed by atoms with E-state index >= 15 is 0 Å². The molecule has 2 aromatic rings. The molecule has 0 unspecified atom stereocenters. The summed E-state index contributed by atoms with van der Waals surface area (Å²) in [7, 11) is 0. The summed E-state index contributed by atoms with van der Waals surface area (Å²) >= 11 is 0. The average molecular weight is 298 g/mol. The van der Waals surface area contributed by atoms with Crippen molar-refractivity contribution in [1.29, 1.82) is 0 Å². The third-order valence-electron chi connectivity index (χ3n) is 6.05. The fraction of sp³-hybridized carbons (Fsp3) is 0.579. The number of aromatic amines is 1. The fourth-order valence-corrected chi connectivity index (χ4v) is 4.76. The van der Waals surface area contributed by atoms with E-state index in [2.05, 4.69) is 41.1 Å². The van der Waals surface area contributed by atoms with E-state index in [1.807, 2.05) is 0 Å². The molecule has 2 atom stereocenters. The number of hydrogen-bond acceptors (Lipinski definition) is 2. The van der Waals surface area contributed by atoms with Crippen molar-refractivity contribution in [3.63, 3.8) is 0 Å². The van der Waals surface area contributed by atoms with Crippen LogP contribution in [0.1, 0.15) is 49.9 Å². The third kappa shape index (κ3) is 2.10. The minimum atomic E-state index is 0.323. The topological polar surface area (TPSA) is 39.3 Å². The van der Waals surface area contributed by atoms with Crippen LogP contribution in [0.3, 0.4) is 0 Å². The van der Waals surface area contributed by atoms with E-state index in [9.17, 15) is 5.11 Å². The molecular weight excluding hydrogens is 272 g/mol. The van der Waals surface area contributed by atoms with E-state index in [0.29, 0.717) is 18.1 Å². The smallest absolute Gasteiger partial charge is 0.0507 e. The Labute approximate surface area is 132 Å². The number of hydrogen-bond donors (Lipinski definition) is 2. The number of aliphatic hydroxyl groups excluding tert-OH is 1. The summed E-state index contributed by atoms with van der Waals surface area (Å²) in [4.78, 5) is 6.39. The van der Waals surface area contributed by atoms with Gasteiger partial charge in [0.1, 0.15) is 0 Å². The Morgan fingerprint density at radius 1 is 1.36 bits per heavy atom. The molecule has 118 valence electrons. The summed E-state index contributed by atoms with van der Waals surface area (Å²) in [6.45, 7) is 5.02. The van der Waals surface area contributed by atoms with Crippen molar-refractivity contribution >= 4 is 10.9 Å². The van der Waals surface area contributed by atoms with Gasteiger partial charge < -0.3 is 10.1 Å². The number of fused-ring (bicyclic) bond motifs is 5. The van der Waals surface area contributed by atoms with Gasteiger partial charge in [-0.2, -0.15) is 0 Å². The number of benzene rings is 1. The van der Waals surface area contributed by atoms with Gasteiger partial charge in [0.15, 0.2) is 0 Å². The van der Waals surface area contributed by atoms with E-state index in [-0.39, 0.29) is 0 Å². The van der Waals surface area contributed by atoms with Gasteiger partial charge in [-0.3, -0.25) is 4.90 Å². The SMILES string of the molecule is CC[C@@]1(CCCO)C[C@H]2c3[nH]c4ccccc4c3CCN2C1. The van der Waals surface area contributed by atoms with Crippen LogP contribution in [0.25, 0.3) is 10.9 Å². The Morgan fingerprint density at radius 2 is 2.23 bits per heavy atom. The minimum Gasteiger partial charge on any atom is -0.396 e. The maximum absolute atomic E-state index is 9.23. The van der Waals surface area contributed by atoms with Crippen molar-refractivity contribution in [3.8, 4) is 0 Å². The summed E-state index contributed by atoms with van der Waals surface area (Å²) in [6.07, 6.45) is 5.71. The summed E-state index contributed by atoms with van der Waals surface area (Å²) in [6, 6.07) is 9.28. The number of rotatable bonds is 4. The maximum atomic E-state index is 9.23.